The molecule has 0 saturated heterocycles. The molecule has 0 atom stereocenters. The SMILES string of the molecule is N#Cc1cc2ccc(N)cc2cn1. The quantitative estimate of drug-likeness (QED) is 0.610. The monoisotopic (exact) mass is 169 g/mol. The normalized spacial score (nSPS) is 9.77. The van der Waals surface area contributed by atoms with E-state index < -0.39 is 0 Å². The number of fused-ring (bicyclic) bond motifs is 1. The van der Waals surface area contributed by atoms with Crippen molar-refractivity contribution in [1.29, 1.82) is 5.26 Å². The van der Waals surface area contributed by atoms with Gasteiger partial charge in [0, 0.05) is 17.3 Å². The van der Waals surface area contributed by atoms with Crippen LogP contribution in [0, 0.1) is 11.3 Å². The van der Waals surface area contributed by atoms with Crippen molar-refractivity contribution in [3.8, 4) is 6.07 Å². The van der Waals surface area contributed by atoms with Gasteiger partial charge in [0.25, 0.3) is 0 Å². The van der Waals surface area contributed by atoms with E-state index in [2.05, 4.69) is 4.98 Å². The third kappa shape index (κ3) is 1.30. The van der Waals surface area contributed by atoms with E-state index in [0.29, 0.717) is 11.4 Å². The van der Waals surface area contributed by atoms with Gasteiger partial charge >= 0.3 is 0 Å². The van der Waals surface area contributed by atoms with Crippen LogP contribution in [0.15, 0.2) is 30.5 Å². The first-order chi connectivity index (χ1) is 6.29. The first kappa shape index (κ1) is 7.56. The van der Waals surface area contributed by atoms with Gasteiger partial charge in [-0.15, -0.1) is 0 Å². The summed E-state index contributed by atoms with van der Waals surface area (Å²) in [6.07, 6.45) is 1.66. The highest BCUT2D eigenvalue weighted by Crippen LogP contribution is 2.16. The van der Waals surface area contributed by atoms with E-state index in [1.165, 1.54) is 0 Å². The van der Waals surface area contributed by atoms with E-state index in [4.69, 9.17) is 11.0 Å². The summed E-state index contributed by atoms with van der Waals surface area (Å²) in [5, 5.41) is 10.6. The van der Waals surface area contributed by atoms with Crippen molar-refractivity contribution in [3.05, 3.63) is 36.2 Å². The zero-order chi connectivity index (χ0) is 9.26. The molecule has 62 valence electrons. The average molecular weight is 169 g/mol. The van der Waals surface area contributed by atoms with Gasteiger partial charge in [0.2, 0.25) is 0 Å². The summed E-state index contributed by atoms with van der Waals surface area (Å²) < 4.78 is 0. The molecule has 0 spiro atoms. The average Bonchev–Trinajstić information content (AvgIpc) is 2.17. The first-order valence-corrected chi connectivity index (χ1v) is 3.85. The molecule has 0 aliphatic rings. The molecule has 0 radical (unpaired) electrons. The van der Waals surface area contributed by atoms with E-state index in [0.717, 1.165) is 10.8 Å². The Balaban J connectivity index is 2.75. The highest BCUT2D eigenvalue weighted by atomic mass is 14.7. The lowest BCUT2D eigenvalue weighted by molar-refractivity contribution is 1.29. The third-order valence-electron chi connectivity index (χ3n) is 1.86. The van der Waals surface area contributed by atoms with Gasteiger partial charge in [-0.05, 0) is 23.6 Å². The smallest absolute Gasteiger partial charge is 0.141 e. The van der Waals surface area contributed by atoms with Gasteiger partial charge in [-0.3, -0.25) is 0 Å². The van der Waals surface area contributed by atoms with Crippen molar-refractivity contribution in [1.82, 2.24) is 4.98 Å². The van der Waals surface area contributed by atoms with Gasteiger partial charge in [0.05, 0.1) is 0 Å². The Morgan fingerprint density at radius 2 is 2.08 bits per heavy atom. The number of nitrogens with zero attached hydrogens (tertiary/aromatic N) is 2. The number of pyridine rings is 1. The van der Waals surface area contributed by atoms with Crippen LogP contribution in [0.25, 0.3) is 10.8 Å². The number of nitrogens with two attached hydrogens (primary N) is 1. The zero-order valence-electron chi connectivity index (χ0n) is 6.86. The molecule has 3 nitrogen and oxygen atoms in total. The van der Waals surface area contributed by atoms with Gasteiger partial charge in [0.1, 0.15) is 11.8 Å². The van der Waals surface area contributed by atoms with Gasteiger partial charge in [-0.2, -0.15) is 5.26 Å². The molecule has 13 heavy (non-hydrogen) atoms. The molecule has 0 amide bonds. The highest BCUT2D eigenvalue weighted by molar-refractivity contribution is 5.85. The minimum atomic E-state index is 0.428. The maximum absolute atomic E-state index is 8.61. The van der Waals surface area contributed by atoms with Gasteiger partial charge in [-0.1, -0.05) is 6.07 Å². The Kier molecular flexibility index (Phi) is 1.60. The van der Waals surface area contributed by atoms with Crippen LogP contribution in [0.1, 0.15) is 5.69 Å². The summed E-state index contributed by atoms with van der Waals surface area (Å²) >= 11 is 0. The van der Waals surface area contributed by atoms with E-state index in [-0.39, 0.29) is 0 Å². The topological polar surface area (TPSA) is 62.7 Å². The molecule has 0 bridgehead atoms. The fourth-order valence-corrected chi connectivity index (χ4v) is 1.22. The van der Waals surface area contributed by atoms with E-state index >= 15 is 0 Å². The molecule has 2 rings (SSSR count). The molecule has 0 saturated carbocycles. The summed E-state index contributed by atoms with van der Waals surface area (Å²) in [5.41, 5.74) is 6.74. The predicted octanol–water partition coefficient (Wildman–Crippen LogP) is 1.69. The second-order valence-corrected chi connectivity index (χ2v) is 2.79. The van der Waals surface area contributed by atoms with Crippen LogP contribution in [0.2, 0.25) is 0 Å². The second-order valence-electron chi connectivity index (χ2n) is 2.79. The summed E-state index contributed by atoms with van der Waals surface area (Å²) in [5.74, 6) is 0. The molecule has 1 aromatic carbocycles. The van der Waals surface area contributed by atoms with E-state index in [1.807, 2.05) is 24.3 Å². The number of hydrogen-bond acceptors (Lipinski definition) is 3. The van der Waals surface area contributed by atoms with Crippen LogP contribution in [0.5, 0.6) is 0 Å². The van der Waals surface area contributed by atoms with Crippen LogP contribution in [0.3, 0.4) is 0 Å². The minimum Gasteiger partial charge on any atom is -0.399 e. The van der Waals surface area contributed by atoms with Crippen molar-refractivity contribution in [2.24, 2.45) is 0 Å². The number of benzene rings is 1. The molecule has 0 unspecified atom stereocenters. The number of anilines is 1. The number of rotatable bonds is 0. The molecule has 0 aliphatic carbocycles. The van der Waals surface area contributed by atoms with Crippen LogP contribution >= 0.6 is 0 Å². The Morgan fingerprint density at radius 3 is 2.85 bits per heavy atom. The fraction of sp³-hybridized carbons (Fsp3) is 0. The molecular weight excluding hydrogens is 162 g/mol. The number of aromatic nitrogens is 1. The van der Waals surface area contributed by atoms with Gasteiger partial charge in [-0.25, -0.2) is 4.98 Å². The molecule has 3 heteroatoms. The van der Waals surface area contributed by atoms with Crippen molar-refractivity contribution >= 4 is 16.5 Å². The van der Waals surface area contributed by atoms with Crippen LogP contribution in [-0.4, -0.2) is 4.98 Å². The Bertz CT molecular complexity index is 497. The molecule has 1 heterocycles. The molecule has 2 aromatic rings. The molecule has 1 aromatic heterocycles. The van der Waals surface area contributed by atoms with Gasteiger partial charge in [0.15, 0.2) is 0 Å². The molecule has 0 fully saturated rings. The van der Waals surface area contributed by atoms with E-state index in [1.54, 1.807) is 12.3 Å². The highest BCUT2D eigenvalue weighted by Gasteiger charge is 1.96. The lowest BCUT2D eigenvalue weighted by atomic mass is 10.1. The Hall–Kier alpha value is -2.08. The van der Waals surface area contributed by atoms with Crippen molar-refractivity contribution < 1.29 is 0 Å². The number of hydrogen-bond donors (Lipinski definition) is 1. The Morgan fingerprint density at radius 1 is 1.23 bits per heavy atom. The zero-order valence-corrected chi connectivity index (χ0v) is 6.86. The second kappa shape index (κ2) is 2.76. The maximum atomic E-state index is 8.61. The summed E-state index contributed by atoms with van der Waals surface area (Å²) in [6, 6.07) is 9.26. The van der Waals surface area contributed by atoms with Crippen molar-refractivity contribution in [2.45, 2.75) is 0 Å². The third-order valence-corrected chi connectivity index (χ3v) is 1.86. The lowest BCUT2D eigenvalue weighted by Crippen LogP contribution is -1.86. The van der Waals surface area contributed by atoms with Crippen LogP contribution < -0.4 is 5.73 Å². The molecule has 0 aliphatic heterocycles. The summed E-state index contributed by atoms with van der Waals surface area (Å²) in [4.78, 5) is 3.95. The number of nitrogen functional groups attached to an aromatic ring is 1. The standard InChI is InChI=1S/C10H7N3/c11-5-10-4-7-1-2-9(12)3-8(7)6-13-10/h1-4,6H,12H2. The lowest BCUT2D eigenvalue weighted by Gasteiger charge is -1.98. The maximum Gasteiger partial charge on any atom is 0.141 e. The van der Waals surface area contributed by atoms with Crippen LogP contribution in [0.4, 0.5) is 5.69 Å². The summed E-state index contributed by atoms with van der Waals surface area (Å²) in [6.45, 7) is 0. The van der Waals surface area contributed by atoms with Crippen LogP contribution in [-0.2, 0) is 0 Å². The van der Waals surface area contributed by atoms with Crippen molar-refractivity contribution in [3.63, 3.8) is 0 Å². The number of nitriles is 1. The first-order valence-electron chi connectivity index (χ1n) is 3.85. The van der Waals surface area contributed by atoms with Crippen molar-refractivity contribution in [2.75, 3.05) is 5.73 Å². The fourth-order valence-electron chi connectivity index (χ4n) is 1.22. The largest absolute Gasteiger partial charge is 0.399 e. The predicted molar refractivity (Wildman–Crippen MR) is 50.9 cm³/mol. The summed E-state index contributed by atoms with van der Waals surface area (Å²) in [7, 11) is 0. The molecule has 2 N–H and O–H groups in total. The minimum absolute atomic E-state index is 0.428. The molecular formula is C10H7N3. The Labute approximate surface area is 75.4 Å². The van der Waals surface area contributed by atoms with E-state index in [9.17, 15) is 0 Å². The van der Waals surface area contributed by atoms with Gasteiger partial charge < -0.3 is 5.73 Å².